The van der Waals surface area contributed by atoms with Gasteiger partial charge < -0.3 is 10.1 Å². The molecular weight excluding hydrogens is 180 g/mol. The van der Waals surface area contributed by atoms with Crippen LogP contribution in [-0.4, -0.2) is 49.7 Å². The number of ether oxygens (including phenoxy) is 1. The summed E-state index contributed by atoms with van der Waals surface area (Å²) in [7, 11) is 0. The standard InChI is InChI=1S/C10H18N2O2/c13-10-8-12(6-7-14-10)5-3-9-2-1-4-11-9/h9,11H,1-8H2. The van der Waals surface area contributed by atoms with Crippen molar-refractivity contribution in [3.63, 3.8) is 0 Å². The molecule has 4 heteroatoms. The molecule has 2 rings (SSSR count). The first kappa shape index (κ1) is 9.93. The lowest BCUT2D eigenvalue weighted by molar-refractivity contribution is -0.150. The van der Waals surface area contributed by atoms with E-state index in [4.69, 9.17) is 4.74 Å². The molecule has 0 saturated carbocycles. The Balaban J connectivity index is 1.66. The van der Waals surface area contributed by atoms with E-state index in [0.717, 1.165) is 26.1 Å². The zero-order valence-corrected chi connectivity index (χ0v) is 8.50. The number of cyclic esters (lactones) is 1. The number of hydrogen-bond donors (Lipinski definition) is 1. The van der Waals surface area contributed by atoms with E-state index in [-0.39, 0.29) is 5.97 Å². The molecule has 2 fully saturated rings. The van der Waals surface area contributed by atoms with Crippen molar-refractivity contribution < 1.29 is 9.53 Å². The summed E-state index contributed by atoms with van der Waals surface area (Å²) in [5.41, 5.74) is 0. The number of carbonyl (C=O) groups excluding carboxylic acids is 1. The van der Waals surface area contributed by atoms with Crippen molar-refractivity contribution in [3.05, 3.63) is 0 Å². The Kier molecular flexibility index (Phi) is 3.37. The van der Waals surface area contributed by atoms with Crippen molar-refractivity contribution in [2.24, 2.45) is 0 Å². The minimum atomic E-state index is -0.0735. The molecule has 0 aromatic rings. The fourth-order valence-corrected chi connectivity index (χ4v) is 2.13. The maximum atomic E-state index is 11.0. The summed E-state index contributed by atoms with van der Waals surface area (Å²) < 4.78 is 4.88. The molecule has 0 aliphatic carbocycles. The average molecular weight is 198 g/mol. The lowest BCUT2D eigenvalue weighted by atomic mass is 10.1. The molecule has 0 radical (unpaired) electrons. The third-order valence-corrected chi connectivity index (χ3v) is 2.98. The van der Waals surface area contributed by atoms with Crippen LogP contribution >= 0.6 is 0 Å². The van der Waals surface area contributed by atoms with Crippen LogP contribution in [0.25, 0.3) is 0 Å². The zero-order valence-electron chi connectivity index (χ0n) is 8.50. The predicted octanol–water partition coefficient (Wildman–Crippen LogP) is -0.0127. The van der Waals surface area contributed by atoms with Gasteiger partial charge >= 0.3 is 5.97 Å². The van der Waals surface area contributed by atoms with Gasteiger partial charge in [0.15, 0.2) is 0 Å². The second kappa shape index (κ2) is 4.75. The largest absolute Gasteiger partial charge is 0.463 e. The van der Waals surface area contributed by atoms with Crippen molar-refractivity contribution in [2.45, 2.75) is 25.3 Å². The average Bonchev–Trinajstić information content (AvgIpc) is 2.67. The van der Waals surface area contributed by atoms with E-state index in [1.54, 1.807) is 0 Å². The van der Waals surface area contributed by atoms with E-state index in [9.17, 15) is 4.79 Å². The van der Waals surface area contributed by atoms with Crippen LogP contribution in [0.5, 0.6) is 0 Å². The van der Waals surface area contributed by atoms with Gasteiger partial charge in [-0.15, -0.1) is 0 Å². The van der Waals surface area contributed by atoms with Crippen molar-refractivity contribution >= 4 is 5.97 Å². The van der Waals surface area contributed by atoms with Gasteiger partial charge in [-0.2, -0.15) is 0 Å². The second-order valence-electron chi connectivity index (χ2n) is 4.08. The number of nitrogens with zero attached hydrogens (tertiary/aromatic N) is 1. The van der Waals surface area contributed by atoms with Gasteiger partial charge in [-0.1, -0.05) is 0 Å². The summed E-state index contributed by atoms with van der Waals surface area (Å²) in [6.07, 6.45) is 3.75. The SMILES string of the molecule is O=C1CN(CCC2CCCN2)CCO1. The topological polar surface area (TPSA) is 41.6 Å². The molecular formula is C10H18N2O2. The third-order valence-electron chi connectivity index (χ3n) is 2.98. The Bertz CT molecular complexity index is 202. The number of hydrogen-bond acceptors (Lipinski definition) is 4. The molecule has 2 aliphatic rings. The summed E-state index contributed by atoms with van der Waals surface area (Å²) in [4.78, 5) is 13.2. The molecule has 2 saturated heterocycles. The minimum Gasteiger partial charge on any atom is -0.463 e. The van der Waals surface area contributed by atoms with Gasteiger partial charge in [-0.05, 0) is 25.8 Å². The van der Waals surface area contributed by atoms with E-state index in [1.165, 1.54) is 12.8 Å². The molecule has 4 nitrogen and oxygen atoms in total. The molecule has 1 N–H and O–H groups in total. The maximum absolute atomic E-state index is 11.0. The summed E-state index contributed by atoms with van der Waals surface area (Å²) in [5.74, 6) is -0.0735. The summed E-state index contributed by atoms with van der Waals surface area (Å²) >= 11 is 0. The zero-order chi connectivity index (χ0) is 9.80. The van der Waals surface area contributed by atoms with Gasteiger partial charge in [0.2, 0.25) is 0 Å². The first-order valence-corrected chi connectivity index (χ1v) is 5.46. The van der Waals surface area contributed by atoms with Gasteiger partial charge in [0.1, 0.15) is 6.61 Å². The van der Waals surface area contributed by atoms with Crippen molar-refractivity contribution in [3.8, 4) is 0 Å². The molecule has 1 unspecified atom stereocenters. The minimum absolute atomic E-state index is 0.0735. The highest BCUT2D eigenvalue weighted by Crippen LogP contribution is 2.10. The highest BCUT2D eigenvalue weighted by Gasteiger charge is 2.20. The molecule has 0 aromatic heterocycles. The smallest absolute Gasteiger partial charge is 0.320 e. The fourth-order valence-electron chi connectivity index (χ4n) is 2.13. The molecule has 80 valence electrons. The molecule has 0 bridgehead atoms. The van der Waals surface area contributed by atoms with Crippen LogP contribution in [0.1, 0.15) is 19.3 Å². The van der Waals surface area contributed by atoms with Crippen molar-refractivity contribution in [1.82, 2.24) is 10.2 Å². The Morgan fingerprint density at radius 3 is 3.21 bits per heavy atom. The Labute approximate surface area is 84.6 Å². The van der Waals surface area contributed by atoms with E-state index < -0.39 is 0 Å². The molecule has 1 atom stereocenters. The van der Waals surface area contributed by atoms with E-state index in [1.807, 2.05) is 0 Å². The van der Waals surface area contributed by atoms with E-state index in [0.29, 0.717) is 19.2 Å². The molecule has 2 aliphatic heterocycles. The summed E-state index contributed by atoms with van der Waals surface area (Å²) in [5, 5.41) is 3.46. The normalized spacial score (nSPS) is 29.1. The third kappa shape index (κ3) is 2.69. The molecule has 2 heterocycles. The second-order valence-corrected chi connectivity index (χ2v) is 4.08. The number of carbonyl (C=O) groups is 1. The van der Waals surface area contributed by atoms with Crippen LogP contribution in [0.3, 0.4) is 0 Å². The molecule has 0 aromatic carbocycles. The van der Waals surface area contributed by atoms with Gasteiger partial charge in [-0.3, -0.25) is 9.69 Å². The van der Waals surface area contributed by atoms with Crippen LogP contribution in [0, 0.1) is 0 Å². The lowest BCUT2D eigenvalue weighted by Gasteiger charge is -2.26. The first-order chi connectivity index (χ1) is 6.84. The maximum Gasteiger partial charge on any atom is 0.320 e. The number of morpholine rings is 1. The monoisotopic (exact) mass is 198 g/mol. The lowest BCUT2D eigenvalue weighted by Crippen LogP contribution is -2.41. The Morgan fingerprint density at radius 2 is 2.50 bits per heavy atom. The highest BCUT2D eigenvalue weighted by molar-refractivity contribution is 5.72. The van der Waals surface area contributed by atoms with Gasteiger partial charge in [0.05, 0.1) is 6.54 Å². The van der Waals surface area contributed by atoms with Crippen LogP contribution in [-0.2, 0) is 9.53 Å². The Morgan fingerprint density at radius 1 is 1.57 bits per heavy atom. The molecule has 0 amide bonds. The van der Waals surface area contributed by atoms with Gasteiger partial charge in [-0.25, -0.2) is 0 Å². The summed E-state index contributed by atoms with van der Waals surface area (Å²) in [6.45, 7) is 4.13. The van der Waals surface area contributed by atoms with Crippen molar-refractivity contribution in [2.75, 3.05) is 32.8 Å². The number of esters is 1. The number of rotatable bonds is 3. The van der Waals surface area contributed by atoms with E-state index >= 15 is 0 Å². The van der Waals surface area contributed by atoms with Crippen molar-refractivity contribution in [1.29, 1.82) is 0 Å². The fraction of sp³-hybridized carbons (Fsp3) is 0.900. The van der Waals surface area contributed by atoms with Crippen LogP contribution in [0.4, 0.5) is 0 Å². The van der Waals surface area contributed by atoms with Gasteiger partial charge in [0, 0.05) is 19.1 Å². The quantitative estimate of drug-likeness (QED) is 0.647. The van der Waals surface area contributed by atoms with Crippen LogP contribution < -0.4 is 5.32 Å². The first-order valence-electron chi connectivity index (χ1n) is 5.46. The van der Waals surface area contributed by atoms with Crippen LogP contribution in [0.15, 0.2) is 0 Å². The van der Waals surface area contributed by atoms with E-state index in [2.05, 4.69) is 10.2 Å². The highest BCUT2D eigenvalue weighted by atomic mass is 16.5. The summed E-state index contributed by atoms with van der Waals surface area (Å²) in [6, 6.07) is 0.674. The predicted molar refractivity (Wildman–Crippen MR) is 53.0 cm³/mol. The Hall–Kier alpha value is -0.610. The van der Waals surface area contributed by atoms with Gasteiger partial charge in [0.25, 0.3) is 0 Å². The molecule has 0 spiro atoms. The molecule has 14 heavy (non-hydrogen) atoms. The number of nitrogens with one attached hydrogen (secondary N) is 1. The van der Waals surface area contributed by atoms with Crippen LogP contribution in [0.2, 0.25) is 0 Å².